The smallest absolute Gasteiger partial charge is 0.472 e. The first-order chi connectivity index (χ1) is 8.43. The zero-order chi connectivity index (χ0) is 15.1. The van der Waals surface area contributed by atoms with E-state index in [1.165, 1.54) is 0 Å². The molecule has 0 saturated carbocycles. The van der Waals surface area contributed by atoms with E-state index in [1.54, 1.807) is 0 Å². The van der Waals surface area contributed by atoms with Crippen LogP contribution < -0.4 is 11.1 Å². The Morgan fingerprint density at radius 3 is 2.00 bits per heavy atom. The number of amides is 1. The summed E-state index contributed by atoms with van der Waals surface area (Å²) in [5.74, 6) is -1.63. The van der Waals surface area contributed by atoms with Crippen molar-refractivity contribution in [3.8, 4) is 0 Å². The van der Waals surface area contributed by atoms with Crippen LogP contribution in [0.25, 0.3) is 0 Å². The highest BCUT2D eigenvalue weighted by atomic mass is 16.4. The Labute approximate surface area is 109 Å². The van der Waals surface area contributed by atoms with Gasteiger partial charge in [-0.1, -0.05) is 27.7 Å². The molecule has 8 heteroatoms. The van der Waals surface area contributed by atoms with Crippen molar-refractivity contribution in [1.82, 2.24) is 5.32 Å². The van der Waals surface area contributed by atoms with Crippen LogP contribution in [0.4, 0.5) is 0 Å². The van der Waals surface area contributed by atoms with Crippen LogP contribution in [0.15, 0.2) is 0 Å². The Morgan fingerprint density at radius 1 is 1.22 bits per heavy atom. The van der Waals surface area contributed by atoms with E-state index in [1.807, 2.05) is 27.7 Å². The van der Waals surface area contributed by atoms with Gasteiger partial charge in [0.1, 0.15) is 0 Å². The van der Waals surface area contributed by atoms with Gasteiger partial charge in [-0.2, -0.15) is 0 Å². The highest BCUT2D eigenvalue weighted by molar-refractivity contribution is 6.41. The minimum atomic E-state index is -1.63. The Bertz CT molecular complexity index is 214. The summed E-state index contributed by atoms with van der Waals surface area (Å²) in [6.07, 6.45) is -0.501. The second-order valence-corrected chi connectivity index (χ2v) is 2.76. The van der Waals surface area contributed by atoms with Gasteiger partial charge in [-0.25, -0.2) is 0 Å². The highest BCUT2D eigenvalue weighted by Crippen LogP contribution is 1.94. The summed E-state index contributed by atoms with van der Waals surface area (Å²) >= 11 is 0. The summed E-state index contributed by atoms with van der Waals surface area (Å²) in [6.45, 7) is 8.00. The van der Waals surface area contributed by atoms with Gasteiger partial charge in [-0.15, -0.1) is 0 Å². The molecule has 108 valence electrons. The monoisotopic (exact) mass is 264 g/mol. The van der Waals surface area contributed by atoms with Crippen molar-refractivity contribution < 1.29 is 24.7 Å². The Kier molecular flexibility index (Phi) is 19.5. The Morgan fingerprint density at radius 2 is 1.67 bits per heavy atom. The topological polar surface area (TPSA) is 133 Å². The standard InChI is InChI=1S/C6H13BN2O5.2C2H6/c8-4(1-2-5(10)11)6(12)9-3-7(13)14;2*1-2/h4,13-14H,1-3,8H2,(H,9,12)(H,10,11);2*1-2H3. The Balaban J connectivity index is -0.000000506. The quantitative estimate of drug-likeness (QED) is 0.405. The number of nitrogens with one attached hydrogen (secondary N) is 1. The second-order valence-electron chi connectivity index (χ2n) is 2.76. The Hall–Kier alpha value is -1.12. The maximum atomic E-state index is 11.0. The summed E-state index contributed by atoms with van der Waals surface area (Å²) in [5.41, 5.74) is 5.31. The van der Waals surface area contributed by atoms with E-state index in [4.69, 9.17) is 20.9 Å². The molecule has 0 aliphatic heterocycles. The maximum Gasteiger partial charge on any atom is 0.472 e. The fraction of sp³-hybridized carbons (Fsp3) is 0.800. The third kappa shape index (κ3) is 17.3. The first kappa shape index (κ1) is 22.1. The lowest BCUT2D eigenvalue weighted by atomic mass is 9.92. The van der Waals surface area contributed by atoms with Gasteiger partial charge >= 0.3 is 13.1 Å². The van der Waals surface area contributed by atoms with E-state index in [0.717, 1.165) is 0 Å². The van der Waals surface area contributed by atoms with Gasteiger partial charge in [-0.05, 0) is 6.42 Å². The summed E-state index contributed by atoms with van der Waals surface area (Å²) in [5, 5.41) is 27.3. The van der Waals surface area contributed by atoms with Crippen molar-refractivity contribution in [2.24, 2.45) is 5.73 Å². The van der Waals surface area contributed by atoms with Crippen LogP contribution in [-0.4, -0.2) is 46.6 Å². The van der Waals surface area contributed by atoms with Gasteiger partial charge in [0.2, 0.25) is 5.91 Å². The first-order valence-electron chi connectivity index (χ1n) is 6.04. The predicted molar refractivity (Wildman–Crippen MR) is 70.7 cm³/mol. The third-order valence-corrected chi connectivity index (χ3v) is 1.46. The molecule has 0 aliphatic carbocycles. The average Bonchev–Trinajstić information content (AvgIpc) is 2.37. The molecule has 1 amide bonds. The van der Waals surface area contributed by atoms with Gasteiger partial charge < -0.3 is 26.2 Å². The van der Waals surface area contributed by atoms with Crippen LogP contribution >= 0.6 is 0 Å². The van der Waals surface area contributed by atoms with E-state index in [-0.39, 0.29) is 19.3 Å². The SMILES string of the molecule is CC.CC.NC(CCC(=O)O)C(=O)NCB(O)O. The number of carbonyl (C=O) groups excluding carboxylic acids is 1. The molecule has 18 heavy (non-hydrogen) atoms. The van der Waals surface area contributed by atoms with Gasteiger partial charge in [0.25, 0.3) is 0 Å². The molecule has 0 fully saturated rings. The van der Waals surface area contributed by atoms with E-state index in [2.05, 4.69) is 5.32 Å². The van der Waals surface area contributed by atoms with Crippen molar-refractivity contribution in [3.63, 3.8) is 0 Å². The number of hydrogen-bond acceptors (Lipinski definition) is 5. The molecular formula is C10H25BN2O5. The van der Waals surface area contributed by atoms with E-state index in [9.17, 15) is 9.59 Å². The van der Waals surface area contributed by atoms with Gasteiger partial charge in [-0.3, -0.25) is 9.59 Å². The zero-order valence-corrected chi connectivity index (χ0v) is 11.5. The summed E-state index contributed by atoms with van der Waals surface area (Å²) in [6, 6.07) is -0.940. The number of carbonyl (C=O) groups is 2. The lowest BCUT2D eigenvalue weighted by Gasteiger charge is -2.10. The van der Waals surface area contributed by atoms with E-state index >= 15 is 0 Å². The van der Waals surface area contributed by atoms with Gasteiger partial charge in [0, 0.05) is 6.42 Å². The molecule has 0 saturated heterocycles. The predicted octanol–water partition coefficient (Wildman–Crippen LogP) is -0.641. The molecule has 0 aliphatic rings. The molecule has 0 rings (SSSR count). The summed E-state index contributed by atoms with van der Waals surface area (Å²) in [4.78, 5) is 21.1. The maximum absolute atomic E-state index is 11.0. The number of carboxylic acids is 1. The van der Waals surface area contributed by atoms with E-state index < -0.39 is 25.0 Å². The van der Waals surface area contributed by atoms with Crippen molar-refractivity contribution in [1.29, 1.82) is 0 Å². The molecular weight excluding hydrogens is 239 g/mol. The fourth-order valence-corrected chi connectivity index (χ4v) is 0.733. The van der Waals surface area contributed by atoms with Crippen LogP contribution in [0, 0.1) is 0 Å². The van der Waals surface area contributed by atoms with Gasteiger partial charge in [0.05, 0.1) is 12.5 Å². The molecule has 1 unspecified atom stereocenters. The lowest BCUT2D eigenvalue weighted by molar-refractivity contribution is -0.137. The molecule has 0 heterocycles. The molecule has 0 aromatic rings. The number of nitrogens with two attached hydrogens (primary N) is 1. The average molecular weight is 264 g/mol. The molecule has 0 radical (unpaired) electrons. The first-order valence-corrected chi connectivity index (χ1v) is 6.04. The number of hydrogen-bond donors (Lipinski definition) is 5. The minimum Gasteiger partial charge on any atom is -0.481 e. The summed E-state index contributed by atoms with van der Waals surface area (Å²) in [7, 11) is -1.63. The van der Waals surface area contributed by atoms with Crippen molar-refractivity contribution >= 4 is 19.0 Å². The van der Waals surface area contributed by atoms with Crippen molar-refractivity contribution in [2.75, 3.05) is 6.44 Å². The molecule has 0 spiro atoms. The van der Waals surface area contributed by atoms with Crippen molar-refractivity contribution in [2.45, 2.75) is 46.6 Å². The van der Waals surface area contributed by atoms with Crippen LogP contribution in [0.5, 0.6) is 0 Å². The third-order valence-electron chi connectivity index (χ3n) is 1.46. The molecule has 1 atom stereocenters. The highest BCUT2D eigenvalue weighted by Gasteiger charge is 2.16. The fourth-order valence-electron chi connectivity index (χ4n) is 0.733. The zero-order valence-electron chi connectivity index (χ0n) is 11.5. The van der Waals surface area contributed by atoms with Crippen molar-refractivity contribution in [3.05, 3.63) is 0 Å². The second kappa shape index (κ2) is 15.9. The normalized spacial score (nSPS) is 9.94. The van der Waals surface area contributed by atoms with Crippen LogP contribution in [0.3, 0.4) is 0 Å². The number of carboxylic acid groups (broad SMARTS) is 1. The lowest BCUT2D eigenvalue weighted by Crippen LogP contribution is -2.44. The molecule has 0 aromatic carbocycles. The van der Waals surface area contributed by atoms with Crippen LogP contribution in [-0.2, 0) is 9.59 Å². The minimum absolute atomic E-state index is 0.0166. The van der Waals surface area contributed by atoms with Crippen LogP contribution in [0.1, 0.15) is 40.5 Å². The van der Waals surface area contributed by atoms with E-state index in [0.29, 0.717) is 0 Å². The number of aliphatic carboxylic acids is 1. The van der Waals surface area contributed by atoms with Crippen LogP contribution in [0.2, 0.25) is 0 Å². The molecule has 6 N–H and O–H groups in total. The summed E-state index contributed by atoms with van der Waals surface area (Å²) < 4.78 is 0. The molecule has 7 nitrogen and oxygen atoms in total. The molecule has 0 bridgehead atoms. The van der Waals surface area contributed by atoms with Gasteiger partial charge in [0.15, 0.2) is 0 Å². The largest absolute Gasteiger partial charge is 0.481 e. The number of rotatable bonds is 6. The molecule has 0 aromatic heterocycles.